The highest BCUT2D eigenvalue weighted by atomic mass is 19.3. The topological polar surface area (TPSA) is 66.4 Å². The largest absolute Gasteiger partial charge is 0.481 e. The van der Waals surface area contributed by atoms with Crippen molar-refractivity contribution in [2.24, 2.45) is 0 Å². The van der Waals surface area contributed by atoms with Gasteiger partial charge in [0.2, 0.25) is 0 Å². The van der Waals surface area contributed by atoms with Crippen molar-refractivity contribution in [3.8, 4) is 0 Å². The maximum Gasteiger partial charge on any atom is 0.305 e. The summed E-state index contributed by atoms with van der Waals surface area (Å²) in [6, 6.07) is 4.51. The molecular formula is C12H13F2NO3. The quantitative estimate of drug-likeness (QED) is 0.849. The van der Waals surface area contributed by atoms with Crippen LogP contribution in [0.2, 0.25) is 0 Å². The first-order chi connectivity index (χ1) is 8.40. The number of hydrogen-bond acceptors (Lipinski definition) is 2. The zero-order valence-electron chi connectivity index (χ0n) is 9.69. The van der Waals surface area contributed by atoms with E-state index >= 15 is 0 Å². The maximum absolute atomic E-state index is 12.4. The van der Waals surface area contributed by atoms with Crippen LogP contribution >= 0.6 is 0 Å². The molecule has 1 amide bonds. The fourth-order valence-corrected chi connectivity index (χ4v) is 1.44. The summed E-state index contributed by atoms with van der Waals surface area (Å²) in [4.78, 5) is 22.1. The minimum atomic E-state index is -2.64. The fraction of sp³-hybridized carbons (Fsp3) is 0.333. The number of carbonyl (C=O) groups excluding carboxylic acids is 1. The molecule has 0 aliphatic carbocycles. The number of rotatable bonds is 5. The van der Waals surface area contributed by atoms with Crippen LogP contribution in [-0.4, -0.2) is 23.0 Å². The molecule has 4 nitrogen and oxygen atoms in total. The van der Waals surface area contributed by atoms with Crippen molar-refractivity contribution < 1.29 is 23.5 Å². The van der Waals surface area contributed by atoms with Gasteiger partial charge in [-0.3, -0.25) is 9.59 Å². The number of carbonyl (C=O) groups is 2. The van der Waals surface area contributed by atoms with Crippen LogP contribution < -0.4 is 5.32 Å². The van der Waals surface area contributed by atoms with E-state index in [9.17, 15) is 18.4 Å². The van der Waals surface area contributed by atoms with Crippen LogP contribution in [0.1, 0.15) is 35.7 Å². The van der Waals surface area contributed by atoms with Crippen LogP contribution in [-0.2, 0) is 4.79 Å². The summed E-state index contributed by atoms with van der Waals surface area (Å²) in [6.07, 6.45) is -2.87. The van der Waals surface area contributed by atoms with Gasteiger partial charge in [0.15, 0.2) is 0 Å². The first-order valence-electron chi connectivity index (χ1n) is 5.31. The number of nitrogens with one attached hydrogen (secondary N) is 1. The highest BCUT2D eigenvalue weighted by molar-refractivity contribution is 5.94. The van der Waals surface area contributed by atoms with E-state index in [0.29, 0.717) is 0 Å². The summed E-state index contributed by atoms with van der Waals surface area (Å²) in [5.41, 5.74) is -0.154. The lowest BCUT2D eigenvalue weighted by Gasteiger charge is -2.12. The van der Waals surface area contributed by atoms with Crippen molar-refractivity contribution in [3.63, 3.8) is 0 Å². The molecule has 1 unspecified atom stereocenters. The molecule has 1 aromatic rings. The average molecular weight is 257 g/mol. The highest BCUT2D eigenvalue weighted by Gasteiger charge is 2.14. The van der Waals surface area contributed by atoms with Gasteiger partial charge in [-0.05, 0) is 19.1 Å². The van der Waals surface area contributed by atoms with Gasteiger partial charge in [-0.15, -0.1) is 0 Å². The molecule has 0 fully saturated rings. The van der Waals surface area contributed by atoms with Gasteiger partial charge >= 0.3 is 5.97 Å². The fourth-order valence-electron chi connectivity index (χ4n) is 1.44. The number of alkyl halides is 2. The van der Waals surface area contributed by atoms with Crippen LogP contribution in [0, 0.1) is 0 Å². The second-order valence-electron chi connectivity index (χ2n) is 3.90. The van der Waals surface area contributed by atoms with E-state index in [4.69, 9.17) is 5.11 Å². The molecule has 18 heavy (non-hydrogen) atoms. The maximum atomic E-state index is 12.4. The predicted octanol–water partition coefficient (Wildman–Crippen LogP) is 2.22. The number of aliphatic carboxylic acids is 1. The van der Waals surface area contributed by atoms with Gasteiger partial charge in [0.1, 0.15) is 0 Å². The van der Waals surface area contributed by atoms with Crippen molar-refractivity contribution in [1.82, 2.24) is 5.32 Å². The zero-order valence-corrected chi connectivity index (χ0v) is 9.69. The molecule has 0 aromatic heterocycles. The normalized spacial score (nSPS) is 12.2. The Morgan fingerprint density at radius 2 is 2.06 bits per heavy atom. The summed E-state index contributed by atoms with van der Waals surface area (Å²) in [5, 5.41) is 11.0. The van der Waals surface area contributed by atoms with Crippen molar-refractivity contribution in [3.05, 3.63) is 35.4 Å². The second-order valence-corrected chi connectivity index (χ2v) is 3.90. The van der Waals surface area contributed by atoms with Crippen molar-refractivity contribution >= 4 is 11.9 Å². The molecule has 1 atom stereocenters. The molecule has 1 rings (SSSR count). The van der Waals surface area contributed by atoms with Crippen LogP contribution in [0.4, 0.5) is 8.78 Å². The van der Waals surface area contributed by atoms with Crippen LogP contribution in [0.5, 0.6) is 0 Å². The molecule has 0 aliphatic rings. The van der Waals surface area contributed by atoms with Crippen molar-refractivity contribution in [2.75, 3.05) is 0 Å². The van der Waals surface area contributed by atoms with Gasteiger partial charge in [-0.1, -0.05) is 12.1 Å². The molecular weight excluding hydrogens is 244 g/mol. The molecule has 98 valence electrons. The Hall–Kier alpha value is -1.98. The Kier molecular flexibility index (Phi) is 4.76. The molecule has 0 heterocycles. The molecule has 0 saturated carbocycles. The van der Waals surface area contributed by atoms with E-state index in [1.54, 1.807) is 0 Å². The molecule has 0 radical (unpaired) electrons. The first-order valence-corrected chi connectivity index (χ1v) is 5.31. The molecule has 6 heteroatoms. The van der Waals surface area contributed by atoms with Crippen molar-refractivity contribution in [2.45, 2.75) is 25.8 Å². The van der Waals surface area contributed by atoms with Gasteiger partial charge in [-0.25, -0.2) is 8.78 Å². The van der Waals surface area contributed by atoms with Gasteiger partial charge in [-0.2, -0.15) is 0 Å². The number of amides is 1. The van der Waals surface area contributed by atoms with Crippen molar-refractivity contribution in [1.29, 1.82) is 0 Å². The lowest BCUT2D eigenvalue weighted by molar-refractivity contribution is -0.137. The third-order valence-electron chi connectivity index (χ3n) is 2.26. The van der Waals surface area contributed by atoms with E-state index in [0.717, 1.165) is 6.07 Å². The van der Waals surface area contributed by atoms with Crippen LogP contribution in [0.15, 0.2) is 24.3 Å². The second kappa shape index (κ2) is 6.09. The van der Waals surface area contributed by atoms with Gasteiger partial charge in [0, 0.05) is 17.2 Å². The van der Waals surface area contributed by atoms with Gasteiger partial charge in [0.05, 0.1) is 6.42 Å². The summed E-state index contributed by atoms with van der Waals surface area (Å²) < 4.78 is 24.9. The molecule has 0 saturated heterocycles. The molecule has 1 aromatic carbocycles. The lowest BCUT2D eigenvalue weighted by Crippen LogP contribution is -2.34. The zero-order chi connectivity index (χ0) is 13.7. The SMILES string of the molecule is CC(CC(=O)O)NC(=O)c1cccc(C(F)F)c1. The van der Waals surface area contributed by atoms with Crippen LogP contribution in [0.3, 0.4) is 0 Å². The summed E-state index contributed by atoms with van der Waals surface area (Å²) in [6.45, 7) is 1.53. The van der Waals surface area contributed by atoms with Gasteiger partial charge in [0.25, 0.3) is 12.3 Å². The Morgan fingerprint density at radius 3 is 2.61 bits per heavy atom. The van der Waals surface area contributed by atoms with E-state index < -0.39 is 24.3 Å². The Balaban J connectivity index is 2.72. The van der Waals surface area contributed by atoms with E-state index in [1.807, 2.05) is 0 Å². The highest BCUT2D eigenvalue weighted by Crippen LogP contribution is 2.19. The monoisotopic (exact) mass is 257 g/mol. The molecule has 0 aliphatic heterocycles. The molecule has 0 bridgehead atoms. The number of halogens is 2. The number of benzene rings is 1. The number of carboxylic acids is 1. The third-order valence-corrected chi connectivity index (χ3v) is 2.26. The Bertz CT molecular complexity index is 449. The summed E-state index contributed by atoms with van der Waals surface area (Å²) >= 11 is 0. The summed E-state index contributed by atoms with van der Waals surface area (Å²) in [7, 11) is 0. The standard InChI is InChI=1S/C12H13F2NO3/c1-7(5-10(16)17)15-12(18)9-4-2-3-8(6-9)11(13)14/h2-4,6-7,11H,5H2,1H3,(H,15,18)(H,16,17). The minimum Gasteiger partial charge on any atom is -0.481 e. The Morgan fingerprint density at radius 1 is 1.39 bits per heavy atom. The molecule has 2 N–H and O–H groups in total. The number of hydrogen-bond donors (Lipinski definition) is 2. The van der Waals surface area contributed by atoms with Gasteiger partial charge < -0.3 is 10.4 Å². The average Bonchev–Trinajstić information content (AvgIpc) is 2.27. The summed E-state index contributed by atoms with van der Waals surface area (Å²) in [5.74, 6) is -1.60. The van der Waals surface area contributed by atoms with Crippen LogP contribution in [0.25, 0.3) is 0 Å². The number of carboxylic acid groups (broad SMARTS) is 1. The third kappa shape index (κ3) is 4.12. The Labute approximate surface area is 103 Å². The first kappa shape index (κ1) is 14.1. The van der Waals surface area contributed by atoms with E-state index in [1.165, 1.54) is 25.1 Å². The lowest BCUT2D eigenvalue weighted by atomic mass is 10.1. The van der Waals surface area contributed by atoms with E-state index in [-0.39, 0.29) is 17.5 Å². The predicted molar refractivity (Wildman–Crippen MR) is 60.6 cm³/mol. The van der Waals surface area contributed by atoms with E-state index in [2.05, 4.69) is 5.32 Å². The molecule has 0 spiro atoms. The smallest absolute Gasteiger partial charge is 0.305 e. The minimum absolute atomic E-state index is 0.0880.